The Labute approximate surface area is 128 Å². The van der Waals surface area contributed by atoms with Gasteiger partial charge < -0.3 is 10.5 Å². The zero-order valence-electron chi connectivity index (χ0n) is 11.9. The zero-order chi connectivity index (χ0) is 15.9. The molecule has 3 rings (SSSR count). The van der Waals surface area contributed by atoms with Crippen molar-refractivity contribution in [3.05, 3.63) is 24.3 Å². The summed E-state index contributed by atoms with van der Waals surface area (Å²) in [5.74, 6) is -0.0578. The van der Waals surface area contributed by atoms with E-state index >= 15 is 0 Å². The van der Waals surface area contributed by atoms with E-state index in [0.717, 1.165) is 12.8 Å². The average molecular weight is 332 g/mol. The number of hydrogen-bond acceptors (Lipinski definition) is 4. The third-order valence-corrected chi connectivity index (χ3v) is 6.35. The molecule has 2 aliphatic heterocycles. The van der Waals surface area contributed by atoms with Gasteiger partial charge in [0, 0.05) is 18.1 Å². The SMILES string of the molecule is NC1CC2CCC(C1)N2S(=O)(=O)c1ccc(OC(F)F)cc1. The fourth-order valence-corrected chi connectivity index (χ4v) is 5.37. The minimum atomic E-state index is -3.63. The molecule has 2 bridgehead atoms. The van der Waals surface area contributed by atoms with Gasteiger partial charge in [-0.3, -0.25) is 0 Å². The van der Waals surface area contributed by atoms with Gasteiger partial charge in [-0.05, 0) is 49.9 Å². The van der Waals surface area contributed by atoms with Crippen LogP contribution in [0.3, 0.4) is 0 Å². The van der Waals surface area contributed by atoms with Crippen molar-refractivity contribution in [3.8, 4) is 5.75 Å². The first-order valence-electron chi connectivity index (χ1n) is 7.22. The molecule has 1 aromatic rings. The highest BCUT2D eigenvalue weighted by Crippen LogP contribution is 2.39. The summed E-state index contributed by atoms with van der Waals surface area (Å²) in [5.41, 5.74) is 5.96. The van der Waals surface area contributed by atoms with Gasteiger partial charge in [-0.15, -0.1) is 0 Å². The van der Waals surface area contributed by atoms with Crippen LogP contribution in [0.15, 0.2) is 29.2 Å². The molecule has 2 unspecified atom stereocenters. The highest BCUT2D eigenvalue weighted by molar-refractivity contribution is 7.89. The van der Waals surface area contributed by atoms with E-state index in [0.29, 0.717) is 12.8 Å². The van der Waals surface area contributed by atoms with Crippen LogP contribution in [-0.2, 0) is 10.0 Å². The van der Waals surface area contributed by atoms with Crippen LogP contribution in [0, 0.1) is 0 Å². The second kappa shape index (κ2) is 5.75. The number of benzene rings is 1. The van der Waals surface area contributed by atoms with Crippen molar-refractivity contribution in [2.75, 3.05) is 0 Å². The lowest BCUT2D eigenvalue weighted by Gasteiger charge is -2.36. The van der Waals surface area contributed by atoms with Crippen LogP contribution in [0.2, 0.25) is 0 Å². The molecule has 0 aliphatic carbocycles. The summed E-state index contributed by atoms with van der Waals surface area (Å²) in [4.78, 5) is 0.0986. The maximum atomic E-state index is 12.8. The molecule has 2 saturated heterocycles. The first-order valence-corrected chi connectivity index (χ1v) is 8.66. The van der Waals surface area contributed by atoms with Crippen LogP contribution < -0.4 is 10.5 Å². The van der Waals surface area contributed by atoms with E-state index in [9.17, 15) is 17.2 Å². The van der Waals surface area contributed by atoms with Gasteiger partial charge in [-0.2, -0.15) is 13.1 Å². The molecule has 5 nitrogen and oxygen atoms in total. The van der Waals surface area contributed by atoms with Crippen molar-refractivity contribution >= 4 is 10.0 Å². The van der Waals surface area contributed by atoms with Crippen LogP contribution in [0.25, 0.3) is 0 Å². The highest BCUT2D eigenvalue weighted by atomic mass is 32.2. The Bertz CT molecular complexity index is 622. The number of ether oxygens (including phenoxy) is 1. The molecule has 2 heterocycles. The van der Waals surface area contributed by atoms with Gasteiger partial charge in [0.2, 0.25) is 10.0 Å². The first kappa shape index (κ1) is 15.6. The Kier molecular flexibility index (Phi) is 4.09. The fourth-order valence-electron chi connectivity index (χ4n) is 3.48. The van der Waals surface area contributed by atoms with Gasteiger partial charge >= 0.3 is 6.61 Å². The number of fused-ring (bicyclic) bond motifs is 2. The summed E-state index contributed by atoms with van der Waals surface area (Å²) < 4.78 is 55.6. The molecular formula is C14H18F2N2O3S. The molecule has 2 fully saturated rings. The minimum Gasteiger partial charge on any atom is -0.435 e. The number of hydrogen-bond donors (Lipinski definition) is 1. The maximum absolute atomic E-state index is 12.8. The molecule has 22 heavy (non-hydrogen) atoms. The van der Waals surface area contributed by atoms with E-state index in [1.54, 1.807) is 4.31 Å². The molecule has 0 spiro atoms. The largest absolute Gasteiger partial charge is 0.435 e. The minimum absolute atomic E-state index is 0.0470. The van der Waals surface area contributed by atoms with Crippen LogP contribution in [-0.4, -0.2) is 37.5 Å². The van der Waals surface area contributed by atoms with Crippen LogP contribution in [0.4, 0.5) is 8.78 Å². The smallest absolute Gasteiger partial charge is 0.387 e. The van der Waals surface area contributed by atoms with Gasteiger partial charge in [0.05, 0.1) is 4.90 Å². The van der Waals surface area contributed by atoms with Crippen LogP contribution in [0.1, 0.15) is 25.7 Å². The van der Waals surface area contributed by atoms with Crippen molar-refractivity contribution < 1.29 is 21.9 Å². The molecule has 0 amide bonds. The van der Waals surface area contributed by atoms with Crippen molar-refractivity contribution in [2.24, 2.45) is 5.73 Å². The molecule has 8 heteroatoms. The standard InChI is InChI=1S/C14H18F2N2O3S/c15-14(16)21-12-3-5-13(6-4-12)22(19,20)18-10-1-2-11(18)8-9(17)7-10/h3-6,9-11,14H,1-2,7-8,17H2. The summed E-state index contributed by atoms with van der Waals surface area (Å²) in [6, 6.07) is 5.03. The van der Waals surface area contributed by atoms with Gasteiger partial charge in [0.1, 0.15) is 5.75 Å². The number of sulfonamides is 1. The zero-order valence-corrected chi connectivity index (χ0v) is 12.7. The number of halogens is 2. The lowest BCUT2D eigenvalue weighted by molar-refractivity contribution is -0.0498. The van der Waals surface area contributed by atoms with Crippen LogP contribution >= 0.6 is 0 Å². The van der Waals surface area contributed by atoms with Gasteiger partial charge in [-0.25, -0.2) is 8.42 Å². The normalized spacial score (nSPS) is 29.0. The van der Waals surface area contributed by atoms with E-state index in [-0.39, 0.29) is 28.8 Å². The third-order valence-electron chi connectivity index (χ3n) is 4.33. The third kappa shape index (κ3) is 2.82. The number of rotatable bonds is 4. The van der Waals surface area contributed by atoms with Crippen molar-refractivity contribution in [1.82, 2.24) is 4.31 Å². The second-order valence-electron chi connectivity index (χ2n) is 5.80. The highest BCUT2D eigenvalue weighted by Gasteiger charge is 2.46. The predicted molar refractivity (Wildman–Crippen MR) is 76.1 cm³/mol. The Morgan fingerprint density at radius 1 is 1.14 bits per heavy atom. The van der Waals surface area contributed by atoms with Gasteiger partial charge in [0.15, 0.2) is 0 Å². The maximum Gasteiger partial charge on any atom is 0.387 e. The van der Waals surface area contributed by atoms with E-state index in [4.69, 9.17) is 5.73 Å². The molecule has 2 N–H and O–H groups in total. The van der Waals surface area contributed by atoms with E-state index in [1.165, 1.54) is 24.3 Å². The topological polar surface area (TPSA) is 72.6 Å². The molecule has 0 radical (unpaired) electrons. The summed E-state index contributed by atoms with van der Waals surface area (Å²) in [5, 5.41) is 0. The summed E-state index contributed by atoms with van der Waals surface area (Å²) in [7, 11) is -3.63. The van der Waals surface area contributed by atoms with Crippen molar-refractivity contribution in [3.63, 3.8) is 0 Å². The number of piperidine rings is 1. The monoisotopic (exact) mass is 332 g/mol. The Morgan fingerprint density at radius 3 is 2.18 bits per heavy atom. The molecule has 0 saturated carbocycles. The number of alkyl halides is 2. The molecule has 2 aliphatic rings. The number of nitrogens with zero attached hydrogens (tertiary/aromatic N) is 1. The second-order valence-corrected chi connectivity index (χ2v) is 7.64. The quantitative estimate of drug-likeness (QED) is 0.914. The predicted octanol–water partition coefficient (Wildman–Crippen LogP) is 1.93. The van der Waals surface area contributed by atoms with Crippen molar-refractivity contribution in [1.29, 1.82) is 0 Å². The average Bonchev–Trinajstić information content (AvgIpc) is 2.72. The summed E-state index contributed by atoms with van der Waals surface area (Å²) in [6.07, 6.45) is 2.99. The van der Waals surface area contributed by atoms with E-state index < -0.39 is 16.6 Å². The fraction of sp³-hybridized carbons (Fsp3) is 0.571. The van der Waals surface area contributed by atoms with E-state index in [1.807, 2.05) is 0 Å². The Balaban J connectivity index is 1.84. The lowest BCUT2D eigenvalue weighted by atomic mass is 10.0. The Morgan fingerprint density at radius 2 is 1.68 bits per heavy atom. The van der Waals surface area contributed by atoms with Crippen LogP contribution in [0.5, 0.6) is 5.75 Å². The first-order chi connectivity index (χ1) is 10.4. The molecule has 0 aromatic heterocycles. The lowest BCUT2D eigenvalue weighted by Crippen LogP contribution is -2.49. The molecule has 1 aromatic carbocycles. The molecule has 122 valence electrons. The van der Waals surface area contributed by atoms with Gasteiger partial charge in [0.25, 0.3) is 0 Å². The molecule has 2 atom stereocenters. The Hall–Kier alpha value is -1.25. The number of nitrogens with two attached hydrogens (primary N) is 1. The van der Waals surface area contributed by atoms with Crippen molar-refractivity contribution in [2.45, 2.75) is 55.3 Å². The molecular weight excluding hydrogens is 314 g/mol. The van der Waals surface area contributed by atoms with E-state index in [2.05, 4.69) is 4.74 Å². The summed E-state index contributed by atoms with van der Waals surface area (Å²) >= 11 is 0. The summed E-state index contributed by atoms with van der Waals surface area (Å²) in [6.45, 7) is -2.93. The van der Waals surface area contributed by atoms with Gasteiger partial charge in [-0.1, -0.05) is 0 Å².